The summed E-state index contributed by atoms with van der Waals surface area (Å²) in [6.45, 7) is 15.4. The quantitative estimate of drug-likeness (QED) is 0.522. The number of hydrogen-bond acceptors (Lipinski definition) is 1. The van der Waals surface area contributed by atoms with Gasteiger partial charge in [0.2, 0.25) is 0 Å². The maximum absolute atomic E-state index is 14.2. The number of rotatable bonds is 4. The van der Waals surface area contributed by atoms with Gasteiger partial charge in [0.15, 0.2) is 0 Å². The van der Waals surface area contributed by atoms with Crippen molar-refractivity contribution in [2.24, 2.45) is 10.8 Å². The van der Waals surface area contributed by atoms with Crippen LogP contribution in [0.25, 0.3) is 0 Å². The molecule has 1 saturated carbocycles. The van der Waals surface area contributed by atoms with E-state index in [1.165, 1.54) is 56.2 Å². The van der Waals surface area contributed by atoms with Crippen molar-refractivity contribution < 1.29 is 4.39 Å². The fourth-order valence-corrected chi connectivity index (χ4v) is 6.12. The molecule has 1 heterocycles. The lowest BCUT2D eigenvalue weighted by atomic mass is 9.59. The van der Waals surface area contributed by atoms with Crippen LogP contribution in [0.1, 0.15) is 96.1 Å². The van der Waals surface area contributed by atoms with Gasteiger partial charge in [-0.05, 0) is 104 Å². The Morgan fingerprint density at radius 1 is 0.963 bits per heavy atom. The summed E-state index contributed by atoms with van der Waals surface area (Å²) < 4.78 is 14.2. The van der Waals surface area contributed by atoms with Gasteiger partial charge in [0, 0.05) is 0 Å². The highest BCUT2D eigenvalue weighted by Crippen LogP contribution is 2.53. The van der Waals surface area contributed by atoms with E-state index in [2.05, 4.69) is 45.6 Å². The largest absolute Gasteiger partial charge is 0.303 e. The van der Waals surface area contributed by atoms with Crippen LogP contribution in [0.5, 0.6) is 0 Å². The Balaban J connectivity index is 0.00000261. The van der Waals surface area contributed by atoms with E-state index in [0.29, 0.717) is 22.7 Å². The van der Waals surface area contributed by atoms with Crippen molar-refractivity contribution in [1.29, 1.82) is 0 Å². The first kappa shape index (κ1) is 22.7. The predicted molar refractivity (Wildman–Crippen MR) is 117 cm³/mol. The molecule has 2 aliphatic rings. The molecule has 0 bridgehead atoms. The van der Waals surface area contributed by atoms with Gasteiger partial charge in [-0.1, -0.05) is 40.7 Å². The highest BCUT2D eigenvalue weighted by Gasteiger charge is 2.40. The van der Waals surface area contributed by atoms with Crippen LogP contribution in [0.4, 0.5) is 4.39 Å². The fraction of sp³-hybridized carbons (Fsp3) is 0.750. The Bertz CT molecular complexity index is 601. The number of piperidine rings is 1. The molecular weight excluding hydrogens is 357 g/mol. The lowest BCUT2D eigenvalue weighted by Crippen LogP contribution is -2.35. The molecule has 0 spiro atoms. The Labute approximate surface area is 172 Å². The predicted octanol–water partition coefficient (Wildman–Crippen LogP) is 7.16. The van der Waals surface area contributed by atoms with Gasteiger partial charge in [-0.2, -0.15) is 0 Å². The third kappa shape index (κ3) is 5.70. The average Bonchev–Trinajstić information content (AvgIpc) is 2.53. The van der Waals surface area contributed by atoms with E-state index >= 15 is 0 Å². The lowest BCUT2D eigenvalue weighted by Gasteiger charge is -2.46. The molecule has 27 heavy (non-hydrogen) atoms. The smallest absolute Gasteiger partial charge is 0.123 e. The molecule has 1 aliphatic heterocycles. The number of likely N-dealkylation sites (tertiary alicyclic amines) is 1. The van der Waals surface area contributed by atoms with E-state index in [9.17, 15) is 4.39 Å². The van der Waals surface area contributed by atoms with E-state index in [1.807, 2.05) is 6.07 Å². The van der Waals surface area contributed by atoms with E-state index < -0.39 is 0 Å². The van der Waals surface area contributed by atoms with Crippen molar-refractivity contribution in [1.82, 2.24) is 4.90 Å². The summed E-state index contributed by atoms with van der Waals surface area (Å²) in [4.78, 5) is 2.57. The third-order valence-electron chi connectivity index (χ3n) is 6.61. The summed E-state index contributed by atoms with van der Waals surface area (Å²) in [5, 5.41) is 0. The molecule has 2 fully saturated rings. The van der Waals surface area contributed by atoms with Gasteiger partial charge in [-0.15, -0.1) is 12.4 Å². The van der Waals surface area contributed by atoms with Crippen molar-refractivity contribution in [3.8, 4) is 0 Å². The van der Waals surface area contributed by atoms with Crippen LogP contribution in [-0.2, 0) is 0 Å². The van der Waals surface area contributed by atoms with Crippen molar-refractivity contribution in [3.63, 3.8) is 0 Å². The zero-order chi connectivity index (χ0) is 18.9. The summed E-state index contributed by atoms with van der Waals surface area (Å²) in [6.07, 6.45) is 7.31. The van der Waals surface area contributed by atoms with Crippen LogP contribution >= 0.6 is 12.4 Å². The summed E-state index contributed by atoms with van der Waals surface area (Å²) in [6, 6.07) is 5.68. The Morgan fingerprint density at radius 3 is 2.11 bits per heavy atom. The highest BCUT2D eigenvalue weighted by atomic mass is 35.5. The van der Waals surface area contributed by atoms with Crippen LogP contribution in [0.3, 0.4) is 0 Å². The third-order valence-corrected chi connectivity index (χ3v) is 6.61. The molecule has 1 nitrogen and oxygen atoms in total. The standard InChI is InChI=1S/C24H38FN.ClH/c1-6-11-26-12-9-18(10-13-26)22-14-20(25)7-8-21(22)19-15-23(2,3)17-24(4,5)16-19;/h7-8,14,18-19H,6,9-13,15-17H2,1-5H3;1H. The Hall–Kier alpha value is -0.600. The zero-order valence-corrected chi connectivity index (χ0v) is 18.8. The van der Waals surface area contributed by atoms with E-state index in [-0.39, 0.29) is 18.2 Å². The topological polar surface area (TPSA) is 3.24 Å². The molecule has 3 rings (SSSR count). The van der Waals surface area contributed by atoms with Crippen molar-refractivity contribution in [2.75, 3.05) is 19.6 Å². The summed E-state index contributed by atoms with van der Waals surface area (Å²) in [7, 11) is 0. The van der Waals surface area contributed by atoms with E-state index in [4.69, 9.17) is 0 Å². The molecule has 0 N–H and O–H groups in total. The summed E-state index contributed by atoms with van der Waals surface area (Å²) in [5.41, 5.74) is 3.49. The monoisotopic (exact) mass is 395 g/mol. The molecule has 154 valence electrons. The lowest BCUT2D eigenvalue weighted by molar-refractivity contribution is 0.0962. The van der Waals surface area contributed by atoms with Gasteiger partial charge in [-0.25, -0.2) is 4.39 Å². The highest BCUT2D eigenvalue weighted by molar-refractivity contribution is 5.85. The van der Waals surface area contributed by atoms with Crippen LogP contribution in [0.15, 0.2) is 18.2 Å². The molecule has 0 atom stereocenters. The van der Waals surface area contributed by atoms with Crippen molar-refractivity contribution in [3.05, 3.63) is 35.1 Å². The molecule has 1 aromatic carbocycles. The van der Waals surface area contributed by atoms with Crippen LogP contribution in [0, 0.1) is 16.6 Å². The van der Waals surface area contributed by atoms with E-state index in [0.717, 1.165) is 13.1 Å². The minimum Gasteiger partial charge on any atom is -0.303 e. The number of benzene rings is 1. The molecule has 1 aromatic rings. The maximum atomic E-state index is 14.2. The molecule has 0 amide bonds. The van der Waals surface area contributed by atoms with Gasteiger partial charge in [0.1, 0.15) is 5.82 Å². The zero-order valence-electron chi connectivity index (χ0n) is 18.0. The fourth-order valence-electron chi connectivity index (χ4n) is 6.12. The van der Waals surface area contributed by atoms with Gasteiger partial charge in [0.05, 0.1) is 0 Å². The summed E-state index contributed by atoms with van der Waals surface area (Å²) in [5.74, 6) is 1.04. The Kier molecular flexibility index (Phi) is 7.41. The molecule has 0 radical (unpaired) electrons. The molecular formula is C24H39ClFN. The Morgan fingerprint density at radius 2 is 1.56 bits per heavy atom. The number of nitrogens with zero attached hydrogens (tertiary/aromatic N) is 1. The first-order chi connectivity index (χ1) is 12.2. The second-order valence-electron chi connectivity index (χ2n) is 10.5. The van der Waals surface area contributed by atoms with Crippen molar-refractivity contribution in [2.45, 2.75) is 85.0 Å². The van der Waals surface area contributed by atoms with Crippen LogP contribution in [0.2, 0.25) is 0 Å². The van der Waals surface area contributed by atoms with Gasteiger partial charge < -0.3 is 4.90 Å². The minimum absolute atomic E-state index is 0. The first-order valence-corrected chi connectivity index (χ1v) is 10.7. The summed E-state index contributed by atoms with van der Waals surface area (Å²) >= 11 is 0. The molecule has 3 heteroatoms. The second kappa shape index (κ2) is 8.82. The van der Waals surface area contributed by atoms with Crippen LogP contribution in [-0.4, -0.2) is 24.5 Å². The van der Waals surface area contributed by atoms with E-state index in [1.54, 1.807) is 6.07 Å². The normalized spacial score (nSPS) is 23.8. The van der Waals surface area contributed by atoms with Gasteiger partial charge >= 0.3 is 0 Å². The first-order valence-electron chi connectivity index (χ1n) is 10.7. The molecule has 0 aromatic heterocycles. The SMILES string of the molecule is CCCN1CCC(c2cc(F)ccc2C2CC(C)(C)CC(C)(C)C2)CC1.Cl. The molecule has 1 saturated heterocycles. The van der Waals surface area contributed by atoms with Crippen LogP contribution < -0.4 is 0 Å². The second-order valence-corrected chi connectivity index (χ2v) is 10.5. The number of halogens is 2. The van der Waals surface area contributed by atoms with Gasteiger partial charge in [-0.3, -0.25) is 0 Å². The molecule has 0 unspecified atom stereocenters. The maximum Gasteiger partial charge on any atom is 0.123 e. The van der Waals surface area contributed by atoms with Gasteiger partial charge in [0.25, 0.3) is 0 Å². The average molecular weight is 396 g/mol. The minimum atomic E-state index is -0.0610. The number of hydrogen-bond donors (Lipinski definition) is 0. The molecule has 1 aliphatic carbocycles. The van der Waals surface area contributed by atoms with Crippen molar-refractivity contribution >= 4 is 12.4 Å².